The zero-order valence-electron chi connectivity index (χ0n) is 15.0. The maximum absolute atomic E-state index is 5.55. The Labute approximate surface area is 153 Å². The van der Waals surface area contributed by atoms with Gasteiger partial charge in [0, 0.05) is 19.1 Å². The highest BCUT2D eigenvalue weighted by Gasteiger charge is 2.22. The number of thiophene rings is 1. The summed E-state index contributed by atoms with van der Waals surface area (Å²) in [7, 11) is 0. The van der Waals surface area contributed by atoms with Crippen LogP contribution in [0.5, 0.6) is 0 Å². The van der Waals surface area contributed by atoms with Crippen LogP contribution in [0.2, 0.25) is 0 Å². The summed E-state index contributed by atoms with van der Waals surface area (Å²) in [6.07, 6.45) is 4.24. The van der Waals surface area contributed by atoms with Gasteiger partial charge in [0.25, 0.3) is 0 Å². The van der Waals surface area contributed by atoms with E-state index in [-0.39, 0.29) is 0 Å². The van der Waals surface area contributed by atoms with Crippen LogP contribution >= 0.6 is 11.3 Å². The van der Waals surface area contributed by atoms with Crippen molar-refractivity contribution < 1.29 is 4.42 Å². The Kier molecular flexibility index (Phi) is 6.47. The van der Waals surface area contributed by atoms with Crippen LogP contribution in [0.1, 0.15) is 32.4 Å². The van der Waals surface area contributed by atoms with Crippen LogP contribution in [0, 0.1) is 0 Å². The predicted octanol–water partition coefficient (Wildman–Crippen LogP) is 2.94. The molecule has 136 valence electrons. The highest BCUT2D eigenvalue weighted by Crippen LogP contribution is 2.23. The van der Waals surface area contributed by atoms with Crippen molar-refractivity contribution >= 4 is 17.3 Å². The van der Waals surface area contributed by atoms with Crippen LogP contribution in [-0.2, 0) is 6.54 Å². The van der Waals surface area contributed by atoms with Gasteiger partial charge in [0.2, 0.25) is 5.89 Å². The van der Waals surface area contributed by atoms with Crippen LogP contribution < -0.4 is 10.6 Å². The van der Waals surface area contributed by atoms with Gasteiger partial charge in [0.1, 0.15) is 12.0 Å². The lowest BCUT2D eigenvalue weighted by Crippen LogP contribution is -2.44. The minimum atomic E-state index is 0.506. The molecule has 1 fully saturated rings. The van der Waals surface area contributed by atoms with Crippen LogP contribution in [0.25, 0.3) is 10.8 Å². The zero-order valence-corrected chi connectivity index (χ0v) is 15.8. The first-order chi connectivity index (χ1) is 12.3. The van der Waals surface area contributed by atoms with E-state index in [1.165, 1.54) is 19.4 Å². The van der Waals surface area contributed by atoms with Crippen molar-refractivity contribution in [2.24, 2.45) is 4.99 Å². The Hall–Kier alpha value is -1.86. The molecule has 3 heterocycles. The van der Waals surface area contributed by atoms with Gasteiger partial charge < -0.3 is 15.1 Å². The second-order valence-corrected chi connectivity index (χ2v) is 7.07. The van der Waals surface area contributed by atoms with Gasteiger partial charge in [-0.05, 0) is 44.3 Å². The summed E-state index contributed by atoms with van der Waals surface area (Å²) in [6, 6.07) is 4.61. The van der Waals surface area contributed by atoms with Crippen molar-refractivity contribution in [2.75, 3.05) is 26.2 Å². The first kappa shape index (κ1) is 17.9. The number of nitrogens with zero attached hydrogens (tertiary/aromatic N) is 3. The Morgan fingerprint density at radius 3 is 3.12 bits per heavy atom. The lowest BCUT2D eigenvalue weighted by atomic mass is 10.2. The first-order valence-electron chi connectivity index (χ1n) is 9.04. The molecule has 3 rings (SSSR count). The van der Waals surface area contributed by atoms with Crippen LogP contribution in [-0.4, -0.2) is 48.1 Å². The molecule has 1 aliphatic rings. The number of nitrogens with one attached hydrogen (secondary N) is 2. The normalized spacial score (nSPS) is 18.6. The van der Waals surface area contributed by atoms with Gasteiger partial charge in [-0.1, -0.05) is 13.0 Å². The van der Waals surface area contributed by atoms with Gasteiger partial charge in [-0.2, -0.15) is 0 Å². The number of hydrogen-bond donors (Lipinski definition) is 2. The summed E-state index contributed by atoms with van der Waals surface area (Å²) in [4.78, 5) is 12.7. The minimum absolute atomic E-state index is 0.506. The molecule has 2 aromatic rings. The molecule has 0 aromatic carbocycles. The number of aliphatic imine (C=N–C) groups is 1. The van der Waals surface area contributed by atoms with E-state index in [0.29, 0.717) is 18.5 Å². The van der Waals surface area contributed by atoms with E-state index in [1.54, 1.807) is 17.6 Å². The third-order valence-electron chi connectivity index (χ3n) is 4.44. The fourth-order valence-corrected chi connectivity index (χ4v) is 3.81. The molecule has 1 atom stereocenters. The molecule has 0 radical (unpaired) electrons. The van der Waals surface area contributed by atoms with Crippen molar-refractivity contribution in [2.45, 2.75) is 39.3 Å². The van der Waals surface area contributed by atoms with Crippen LogP contribution in [0.15, 0.2) is 33.2 Å². The van der Waals surface area contributed by atoms with E-state index >= 15 is 0 Å². The smallest absolute Gasteiger partial charge is 0.236 e. The maximum atomic E-state index is 5.55. The third-order valence-corrected chi connectivity index (χ3v) is 5.30. The molecular formula is C18H27N5OS. The van der Waals surface area contributed by atoms with Gasteiger partial charge in [-0.25, -0.2) is 9.98 Å². The highest BCUT2D eigenvalue weighted by molar-refractivity contribution is 7.13. The molecular weight excluding hydrogens is 334 g/mol. The molecule has 0 bridgehead atoms. The lowest BCUT2D eigenvalue weighted by molar-refractivity contribution is 0.267. The van der Waals surface area contributed by atoms with E-state index in [0.717, 1.165) is 36.2 Å². The van der Waals surface area contributed by atoms with Gasteiger partial charge in [-0.15, -0.1) is 11.3 Å². The second kappa shape index (κ2) is 9.01. The second-order valence-electron chi connectivity index (χ2n) is 6.12. The molecule has 0 saturated carbocycles. The number of likely N-dealkylation sites (tertiary alicyclic amines) is 1. The maximum Gasteiger partial charge on any atom is 0.236 e. The molecule has 1 aliphatic heterocycles. The molecule has 2 aromatic heterocycles. The third kappa shape index (κ3) is 4.83. The van der Waals surface area contributed by atoms with Gasteiger partial charge in [0.15, 0.2) is 5.96 Å². The Morgan fingerprint density at radius 2 is 2.36 bits per heavy atom. The Bertz CT molecular complexity index is 667. The Morgan fingerprint density at radius 1 is 1.44 bits per heavy atom. The number of rotatable bonds is 7. The summed E-state index contributed by atoms with van der Waals surface area (Å²) in [6.45, 7) is 8.91. The van der Waals surface area contributed by atoms with Crippen molar-refractivity contribution in [3.63, 3.8) is 0 Å². The summed E-state index contributed by atoms with van der Waals surface area (Å²) < 4.78 is 5.55. The first-order valence-corrected chi connectivity index (χ1v) is 9.92. The number of guanidine groups is 1. The number of likely N-dealkylation sites (N-methyl/N-ethyl adjacent to an activating group) is 1. The summed E-state index contributed by atoms with van der Waals surface area (Å²) in [5.41, 5.74) is 0.844. The molecule has 1 unspecified atom stereocenters. The average Bonchev–Trinajstić information content (AvgIpc) is 3.38. The number of hydrogen-bond acceptors (Lipinski definition) is 5. The molecule has 0 amide bonds. The molecule has 0 spiro atoms. The topological polar surface area (TPSA) is 65.7 Å². The molecule has 6 nitrogen and oxygen atoms in total. The van der Waals surface area contributed by atoms with Crippen LogP contribution in [0.3, 0.4) is 0 Å². The van der Waals surface area contributed by atoms with E-state index in [9.17, 15) is 0 Å². The fraction of sp³-hybridized carbons (Fsp3) is 0.556. The lowest BCUT2D eigenvalue weighted by Gasteiger charge is -2.23. The summed E-state index contributed by atoms with van der Waals surface area (Å²) in [5, 5.41) is 8.80. The van der Waals surface area contributed by atoms with Crippen molar-refractivity contribution in [3.05, 3.63) is 29.5 Å². The van der Waals surface area contributed by atoms with Crippen molar-refractivity contribution in [1.29, 1.82) is 0 Å². The molecule has 7 heteroatoms. The van der Waals surface area contributed by atoms with Gasteiger partial charge in [-0.3, -0.25) is 4.90 Å². The van der Waals surface area contributed by atoms with Crippen molar-refractivity contribution in [1.82, 2.24) is 20.5 Å². The number of oxazole rings is 1. The molecule has 2 N–H and O–H groups in total. The number of aromatic nitrogens is 1. The minimum Gasteiger partial charge on any atom is -0.443 e. The standard InChI is InChI=1S/C18H27N5OS/c1-3-19-18(21-12-15-7-5-9-23(15)4-2)20-11-14-13-24-17(22-14)16-8-6-10-25-16/h6,8,10,13,15H,3-5,7,9,11-12H2,1-2H3,(H2,19,20,21). The zero-order chi connectivity index (χ0) is 17.5. The average molecular weight is 362 g/mol. The fourth-order valence-electron chi connectivity index (χ4n) is 3.15. The van der Waals surface area contributed by atoms with Gasteiger partial charge >= 0.3 is 0 Å². The SMILES string of the molecule is CCNC(=NCc1coc(-c2cccs2)n1)NCC1CCCN1CC. The quantitative estimate of drug-likeness (QED) is 0.586. The van der Waals surface area contributed by atoms with Gasteiger partial charge in [0.05, 0.1) is 11.4 Å². The van der Waals surface area contributed by atoms with E-state index in [1.807, 2.05) is 17.5 Å². The van der Waals surface area contributed by atoms with Crippen LogP contribution in [0.4, 0.5) is 0 Å². The molecule has 25 heavy (non-hydrogen) atoms. The van der Waals surface area contributed by atoms with E-state index in [4.69, 9.17) is 4.42 Å². The summed E-state index contributed by atoms with van der Waals surface area (Å²) >= 11 is 1.62. The largest absolute Gasteiger partial charge is 0.443 e. The highest BCUT2D eigenvalue weighted by atomic mass is 32.1. The van der Waals surface area contributed by atoms with Crippen molar-refractivity contribution in [3.8, 4) is 10.8 Å². The van der Waals surface area contributed by atoms with E-state index in [2.05, 4.69) is 39.4 Å². The summed E-state index contributed by atoms with van der Waals surface area (Å²) in [5.74, 6) is 1.51. The van der Waals surface area contributed by atoms with E-state index < -0.39 is 0 Å². The molecule has 1 saturated heterocycles. The Balaban J connectivity index is 1.56. The molecule has 0 aliphatic carbocycles. The predicted molar refractivity (Wildman–Crippen MR) is 103 cm³/mol. The monoisotopic (exact) mass is 361 g/mol.